The molecule has 0 aromatic carbocycles. The molecule has 0 radical (unpaired) electrons. The normalized spacial score (nSPS) is 20.2. The number of hydrogen-bond donors (Lipinski definition) is 0. The minimum atomic E-state index is -1.33. The lowest BCUT2D eigenvalue weighted by molar-refractivity contribution is 0.169. The molecule has 2 heteroatoms. The molecule has 0 saturated heterocycles. The van der Waals surface area contributed by atoms with E-state index in [-0.39, 0.29) is 0 Å². The summed E-state index contributed by atoms with van der Waals surface area (Å²) < 4.78 is 6.55. The minimum Gasteiger partial charge on any atom is -0.414 e. The Morgan fingerprint density at radius 2 is 1.33 bits per heavy atom. The molecule has 0 unspecified atom stereocenters. The van der Waals surface area contributed by atoms with Crippen LogP contribution < -0.4 is 0 Å². The van der Waals surface area contributed by atoms with Gasteiger partial charge in [-0.2, -0.15) is 0 Å². The molecule has 1 rings (SSSR count). The smallest absolute Gasteiger partial charge is 0.192 e. The standard InChI is InChI=1S/C13H28OSi/c1-4-15(5-2,6-3)14-13-11-9-7-8-10-12-13/h13H,4-12H2,1-3H3. The van der Waals surface area contributed by atoms with Crippen LogP contribution in [0.4, 0.5) is 0 Å². The van der Waals surface area contributed by atoms with Crippen molar-refractivity contribution < 1.29 is 4.43 Å². The van der Waals surface area contributed by atoms with Crippen molar-refractivity contribution in [1.29, 1.82) is 0 Å². The third kappa shape index (κ3) is 3.91. The molecular weight excluding hydrogens is 200 g/mol. The monoisotopic (exact) mass is 228 g/mol. The lowest BCUT2D eigenvalue weighted by Gasteiger charge is -2.33. The molecule has 1 aliphatic carbocycles. The summed E-state index contributed by atoms with van der Waals surface area (Å²) >= 11 is 0. The van der Waals surface area contributed by atoms with Gasteiger partial charge in [0.1, 0.15) is 0 Å². The fraction of sp³-hybridized carbons (Fsp3) is 1.00. The topological polar surface area (TPSA) is 9.23 Å². The van der Waals surface area contributed by atoms with E-state index in [0.717, 1.165) is 0 Å². The Kier molecular flexibility index (Phi) is 5.91. The summed E-state index contributed by atoms with van der Waals surface area (Å²) in [6.45, 7) is 6.99. The highest BCUT2D eigenvalue weighted by Gasteiger charge is 2.31. The molecule has 90 valence electrons. The van der Waals surface area contributed by atoms with Gasteiger partial charge in [-0.05, 0) is 31.0 Å². The SMILES string of the molecule is CC[Si](CC)(CC)OC1CCCCCC1. The first-order valence-electron chi connectivity index (χ1n) is 6.94. The highest BCUT2D eigenvalue weighted by molar-refractivity contribution is 6.73. The zero-order valence-electron chi connectivity index (χ0n) is 10.8. The lowest BCUT2D eigenvalue weighted by atomic mass is 10.2. The first kappa shape index (κ1) is 13.2. The summed E-state index contributed by atoms with van der Waals surface area (Å²) in [6, 6.07) is 3.91. The first-order valence-corrected chi connectivity index (χ1v) is 9.47. The average molecular weight is 228 g/mol. The number of hydrogen-bond acceptors (Lipinski definition) is 1. The average Bonchev–Trinajstić information content (AvgIpc) is 2.54. The van der Waals surface area contributed by atoms with Gasteiger partial charge in [0, 0.05) is 6.10 Å². The van der Waals surface area contributed by atoms with Gasteiger partial charge in [0.15, 0.2) is 8.32 Å². The molecule has 1 nitrogen and oxygen atoms in total. The Bertz CT molecular complexity index is 150. The van der Waals surface area contributed by atoms with E-state index < -0.39 is 8.32 Å². The molecule has 15 heavy (non-hydrogen) atoms. The fourth-order valence-corrected chi connectivity index (χ4v) is 5.66. The van der Waals surface area contributed by atoms with Crippen LogP contribution in [0.2, 0.25) is 18.1 Å². The quantitative estimate of drug-likeness (QED) is 0.488. The van der Waals surface area contributed by atoms with E-state index in [4.69, 9.17) is 4.43 Å². The highest BCUT2D eigenvalue weighted by atomic mass is 28.4. The summed E-state index contributed by atoms with van der Waals surface area (Å²) in [7, 11) is -1.33. The zero-order valence-corrected chi connectivity index (χ0v) is 11.8. The molecule has 0 atom stereocenters. The van der Waals surface area contributed by atoms with Crippen molar-refractivity contribution in [2.24, 2.45) is 0 Å². The van der Waals surface area contributed by atoms with E-state index in [1.54, 1.807) is 0 Å². The van der Waals surface area contributed by atoms with Crippen LogP contribution in [0.1, 0.15) is 59.3 Å². The second-order valence-electron chi connectivity index (χ2n) is 4.98. The summed E-state index contributed by atoms with van der Waals surface area (Å²) in [6.07, 6.45) is 8.92. The van der Waals surface area contributed by atoms with Crippen molar-refractivity contribution in [2.45, 2.75) is 83.5 Å². The Balaban J connectivity index is 2.48. The van der Waals surface area contributed by atoms with Gasteiger partial charge in [0.05, 0.1) is 0 Å². The van der Waals surface area contributed by atoms with Gasteiger partial charge in [-0.15, -0.1) is 0 Å². The van der Waals surface area contributed by atoms with Crippen LogP contribution in [0.5, 0.6) is 0 Å². The van der Waals surface area contributed by atoms with Crippen LogP contribution >= 0.6 is 0 Å². The zero-order chi connectivity index (χ0) is 11.1. The van der Waals surface area contributed by atoms with Gasteiger partial charge in [0.2, 0.25) is 0 Å². The Morgan fingerprint density at radius 3 is 1.73 bits per heavy atom. The number of rotatable bonds is 5. The van der Waals surface area contributed by atoms with Crippen LogP contribution in [0.15, 0.2) is 0 Å². The maximum atomic E-state index is 6.55. The van der Waals surface area contributed by atoms with Crippen molar-refractivity contribution in [3.8, 4) is 0 Å². The van der Waals surface area contributed by atoms with Crippen LogP contribution in [0, 0.1) is 0 Å². The van der Waals surface area contributed by atoms with Crippen molar-refractivity contribution >= 4 is 8.32 Å². The molecule has 0 aliphatic heterocycles. The van der Waals surface area contributed by atoms with Crippen molar-refractivity contribution in [3.05, 3.63) is 0 Å². The van der Waals surface area contributed by atoms with E-state index in [2.05, 4.69) is 20.8 Å². The van der Waals surface area contributed by atoms with Gasteiger partial charge >= 0.3 is 0 Å². The van der Waals surface area contributed by atoms with E-state index in [0.29, 0.717) is 6.10 Å². The summed E-state index contributed by atoms with van der Waals surface area (Å²) in [5.74, 6) is 0. The van der Waals surface area contributed by atoms with Gasteiger partial charge in [-0.3, -0.25) is 0 Å². The van der Waals surface area contributed by atoms with E-state index in [1.165, 1.54) is 56.7 Å². The third-order valence-corrected chi connectivity index (χ3v) is 8.85. The lowest BCUT2D eigenvalue weighted by Crippen LogP contribution is -2.39. The van der Waals surface area contributed by atoms with E-state index in [9.17, 15) is 0 Å². The molecule has 0 heterocycles. The predicted octanol–water partition coefficient (Wildman–Crippen LogP) is 4.73. The summed E-state index contributed by atoms with van der Waals surface area (Å²) in [4.78, 5) is 0. The molecule has 0 aromatic rings. The van der Waals surface area contributed by atoms with Crippen LogP contribution in [-0.4, -0.2) is 14.4 Å². The van der Waals surface area contributed by atoms with Crippen LogP contribution in [0.3, 0.4) is 0 Å². The fourth-order valence-electron chi connectivity index (χ4n) is 2.71. The molecule has 0 N–H and O–H groups in total. The van der Waals surface area contributed by atoms with Crippen molar-refractivity contribution in [3.63, 3.8) is 0 Å². The minimum absolute atomic E-state index is 0.610. The van der Waals surface area contributed by atoms with Crippen LogP contribution in [0.25, 0.3) is 0 Å². The van der Waals surface area contributed by atoms with Crippen LogP contribution in [-0.2, 0) is 4.43 Å². The molecule has 1 saturated carbocycles. The van der Waals surface area contributed by atoms with Crippen molar-refractivity contribution in [1.82, 2.24) is 0 Å². The molecular formula is C13H28OSi. The largest absolute Gasteiger partial charge is 0.414 e. The van der Waals surface area contributed by atoms with E-state index >= 15 is 0 Å². The van der Waals surface area contributed by atoms with Crippen molar-refractivity contribution in [2.75, 3.05) is 0 Å². The second kappa shape index (κ2) is 6.69. The Labute approximate surface area is 96.7 Å². The van der Waals surface area contributed by atoms with E-state index in [1.807, 2.05) is 0 Å². The molecule has 1 aliphatic rings. The van der Waals surface area contributed by atoms with Gasteiger partial charge in [-0.1, -0.05) is 46.5 Å². The third-order valence-electron chi connectivity index (χ3n) is 4.15. The summed E-state index contributed by atoms with van der Waals surface area (Å²) in [5.41, 5.74) is 0. The van der Waals surface area contributed by atoms with Gasteiger partial charge < -0.3 is 4.43 Å². The molecule has 0 spiro atoms. The highest BCUT2D eigenvalue weighted by Crippen LogP contribution is 2.28. The molecule has 0 amide bonds. The Hall–Kier alpha value is 0.177. The van der Waals surface area contributed by atoms with Gasteiger partial charge in [0.25, 0.3) is 0 Å². The maximum Gasteiger partial charge on any atom is 0.192 e. The molecule has 1 fully saturated rings. The second-order valence-corrected chi connectivity index (χ2v) is 9.70. The predicted molar refractivity (Wildman–Crippen MR) is 69.8 cm³/mol. The maximum absolute atomic E-state index is 6.55. The van der Waals surface area contributed by atoms with Gasteiger partial charge in [-0.25, -0.2) is 0 Å². The molecule has 0 bridgehead atoms. The first-order chi connectivity index (χ1) is 7.26. The Morgan fingerprint density at radius 1 is 0.867 bits per heavy atom. The molecule has 0 aromatic heterocycles. The summed E-state index contributed by atoms with van der Waals surface area (Å²) in [5, 5.41) is 0.